The fraction of sp³-hybridized carbons (Fsp3) is 0.754. The van der Waals surface area contributed by atoms with E-state index < -0.39 is 0 Å². The molecule has 0 amide bonds. The standard InChI is InChI=1S/C30H50.C27H46O/c1-25(2)15-11-19-29(7)23-13-21-27(5)17-9-10-18-28(6)22-14-24-30(8)20-12-16-26(3)4;1-18(2)7-6-8-19(3)23-11-12-24-22-10-9-20-17-21(28)13-15-26(20,4)25(22)14-16-27(23,24)5/h15-18,23-24H,9-14,19-22H2,1-8H3;9,18-19,21-25,28H,6-8,10-17H2,1-5H3/t;19-,21+,22+,23-,24+,25+,26+,27-/m.1/s1. The molecule has 0 saturated heterocycles. The van der Waals surface area contributed by atoms with Crippen LogP contribution in [-0.4, -0.2) is 11.2 Å². The van der Waals surface area contributed by atoms with Gasteiger partial charge in [-0.3, -0.25) is 0 Å². The summed E-state index contributed by atoms with van der Waals surface area (Å²) in [6.07, 6.45) is 43.4. The van der Waals surface area contributed by atoms with Crippen LogP contribution in [0.2, 0.25) is 0 Å². The van der Waals surface area contributed by atoms with Crippen LogP contribution in [0.25, 0.3) is 0 Å². The highest BCUT2D eigenvalue weighted by atomic mass is 16.3. The van der Waals surface area contributed by atoms with Gasteiger partial charge in [0, 0.05) is 0 Å². The summed E-state index contributed by atoms with van der Waals surface area (Å²) in [6.45, 7) is 30.4. The molecular weight excluding hydrogens is 701 g/mol. The largest absolute Gasteiger partial charge is 0.393 e. The lowest BCUT2D eigenvalue weighted by Crippen LogP contribution is -2.50. The minimum absolute atomic E-state index is 0.0766. The van der Waals surface area contributed by atoms with E-state index in [1.807, 2.05) is 0 Å². The lowest BCUT2D eigenvalue weighted by molar-refractivity contribution is -0.0573. The van der Waals surface area contributed by atoms with Gasteiger partial charge in [0.2, 0.25) is 0 Å². The summed E-state index contributed by atoms with van der Waals surface area (Å²) in [5.74, 6) is 5.46. The van der Waals surface area contributed by atoms with Gasteiger partial charge in [-0.25, -0.2) is 0 Å². The van der Waals surface area contributed by atoms with E-state index in [0.29, 0.717) is 10.8 Å². The maximum absolute atomic E-state index is 10.2. The van der Waals surface area contributed by atoms with Crippen molar-refractivity contribution in [2.45, 2.75) is 231 Å². The summed E-state index contributed by atoms with van der Waals surface area (Å²) >= 11 is 0. The van der Waals surface area contributed by atoms with Crippen LogP contribution in [0.15, 0.2) is 81.5 Å². The molecule has 330 valence electrons. The van der Waals surface area contributed by atoms with Crippen LogP contribution in [0.1, 0.15) is 225 Å². The molecule has 0 aromatic heterocycles. The molecule has 0 unspecified atom stereocenters. The Morgan fingerprint density at radius 1 is 0.621 bits per heavy atom. The number of hydrogen-bond acceptors (Lipinski definition) is 1. The molecule has 0 aromatic carbocycles. The van der Waals surface area contributed by atoms with E-state index in [1.165, 1.54) is 155 Å². The second-order valence-corrected chi connectivity index (χ2v) is 21.7. The molecule has 1 N–H and O–H groups in total. The SMILES string of the molecule is CC(C)=CCCC(C)=CCCC(C)=CCCC=C(C)CCC=C(C)CCC=C(C)C.CC(C)CCC[C@@H](C)[C@H]1CC[C@H]2[C@@H]3CC=C4C[C@@H](O)CC[C@]4(C)[C@H]3CC[C@]12C. The highest BCUT2D eigenvalue weighted by Crippen LogP contribution is 2.67. The molecule has 0 aliphatic heterocycles. The molecule has 58 heavy (non-hydrogen) atoms. The molecule has 0 spiro atoms. The highest BCUT2D eigenvalue weighted by molar-refractivity contribution is 5.25. The average Bonchev–Trinajstić information content (AvgIpc) is 3.51. The normalized spacial score (nSPS) is 29.4. The number of allylic oxidation sites excluding steroid dienone is 13. The maximum atomic E-state index is 10.2. The lowest BCUT2D eigenvalue weighted by Gasteiger charge is -2.58. The Morgan fingerprint density at radius 3 is 1.62 bits per heavy atom. The van der Waals surface area contributed by atoms with Crippen LogP contribution in [-0.2, 0) is 0 Å². The Balaban J connectivity index is 0.000000310. The van der Waals surface area contributed by atoms with E-state index in [4.69, 9.17) is 0 Å². The molecule has 1 nitrogen and oxygen atoms in total. The molecule has 8 atom stereocenters. The van der Waals surface area contributed by atoms with Crippen LogP contribution in [0.5, 0.6) is 0 Å². The zero-order valence-electron chi connectivity index (χ0n) is 40.9. The van der Waals surface area contributed by atoms with Gasteiger partial charge in [0.1, 0.15) is 0 Å². The van der Waals surface area contributed by atoms with Crippen LogP contribution in [0.4, 0.5) is 0 Å². The van der Waals surface area contributed by atoms with Gasteiger partial charge >= 0.3 is 0 Å². The van der Waals surface area contributed by atoms with Gasteiger partial charge in [0.15, 0.2) is 0 Å². The van der Waals surface area contributed by atoms with Gasteiger partial charge in [0.05, 0.1) is 6.10 Å². The van der Waals surface area contributed by atoms with Crippen molar-refractivity contribution in [3.05, 3.63) is 81.5 Å². The summed E-state index contributed by atoms with van der Waals surface area (Å²) in [6, 6.07) is 0. The first-order chi connectivity index (χ1) is 27.5. The Hall–Kier alpha value is -1.86. The van der Waals surface area contributed by atoms with E-state index in [1.54, 1.807) is 5.57 Å². The third-order valence-corrected chi connectivity index (χ3v) is 15.7. The molecule has 0 aromatic rings. The summed E-state index contributed by atoms with van der Waals surface area (Å²) in [5, 5.41) is 10.2. The molecule has 3 fully saturated rings. The highest BCUT2D eigenvalue weighted by Gasteiger charge is 2.59. The van der Waals surface area contributed by atoms with Crippen molar-refractivity contribution >= 4 is 0 Å². The predicted molar refractivity (Wildman–Crippen MR) is 259 cm³/mol. The zero-order valence-corrected chi connectivity index (χ0v) is 40.9. The smallest absolute Gasteiger partial charge is 0.0577 e. The summed E-state index contributed by atoms with van der Waals surface area (Å²) in [4.78, 5) is 0. The molecule has 4 rings (SSSR count). The van der Waals surface area contributed by atoms with E-state index in [9.17, 15) is 5.11 Å². The van der Waals surface area contributed by atoms with Crippen molar-refractivity contribution in [1.29, 1.82) is 0 Å². The molecule has 4 aliphatic rings. The van der Waals surface area contributed by atoms with E-state index >= 15 is 0 Å². The topological polar surface area (TPSA) is 20.2 Å². The van der Waals surface area contributed by atoms with E-state index in [2.05, 4.69) is 133 Å². The molecule has 0 radical (unpaired) electrons. The summed E-state index contributed by atoms with van der Waals surface area (Å²) in [7, 11) is 0. The van der Waals surface area contributed by atoms with E-state index in [-0.39, 0.29) is 6.10 Å². The Labute approximate surface area is 362 Å². The van der Waals surface area contributed by atoms with Crippen LogP contribution >= 0.6 is 0 Å². The first kappa shape index (κ1) is 50.5. The third kappa shape index (κ3) is 16.2. The van der Waals surface area contributed by atoms with Gasteiger partial charge < -0.3 is 5.11 Å². The molecule has 0 bridgehead atoms. The first-order valence-corrected chi connectivity index (χ1v) is 24.7. The second-order valence-electron chi connectivity index (χ2n) is 21.7. The maximum Gasteiger partial charge on any atom is 0.0577 e. The molecular formula is C57H96O. The quantitative estimate of drug-likeness (QED) is 0.0961. The molecule has 4 aliphatic carbocycles. The van der Waals surface area contributed by atoms with Crippen molar-refractivity contribution in [2.24, 2.45) is 46.3 Å². The Morgan fingerprint density at radius 2 is 1.12 bits per heavy atom. The van der Waals surface area contributed by atoms with Crippen molar-refractivity contribution in [3.63, 3.8) is 0 Å². The van der Waals surface area contributed by atoms with Crippen LogP contribution in [0, 0.1) is 46.3 Å². The average molecular weight is 797 g/mol. The van der Waals surface area contributed by atoms with Gasteiger partial charge in [0.25, 0.3) is 0 Å². The van der Waals surface area contributed by atoms with Gasteiger partial charge in [-0.05, 0) is 217 Å². The number of aliphatic hydroxyl groups excluding tert-OH is 1. The third-order valence-electron chi connectivity index (χ3n) is 15.7. The summed E-state index contributed by atoms with van der Waals surface area (Å²) < 4.78 is 0. The van der Waals surface area contributed by atoms with Gasteiger partial charge in [-0.2, -0.15) is 0 Å². The zero-order chi connectivity index (χ0) is 42.9. The fourth-order valence-electron chi connectivity index (χ4n) is 12.0. The number of aliphatic hydroxyl groups is 1. The number of rotatable bonds is 20. The van der Waals surface area contributed by atoms with Crippen LogP contribution < -0.4 is 0 Å². The molecule has 1 heteroatoms. The van der Waals surface area contributed by atoms with E-state index in [0.717, 1.165) is 48.3 Å². The van der Waals surface area contributed by atoms with Gasteiger partial charge in [-0.1, -0.05) is 135 Å². The van der Waals surface area contributed by atoms with Crippen molar-refractivity contribution < 1.29 is 5.11 Å². The van der Waals surface area contributed by atoms with Gasteiger partial charge in [-0.15, -0.1) is 0 Å². The molecule has 0 heterocycles. The number of hydrogen-bond donors (Lipinski definition) is 1. The van der Waals surface area contributed by atoms with Crippen molar-refractivity contribution in [2.75, 3.05) is 0 Å². The minimum Gasteiger partial charge on any atom is -0.393 e. The predicted octanol–water partition coefficient (Wildman–Crippen LogP) is 18.0. The molecule has 3 saturated carbocycles. The van der Waals surface area contributed by atoms with Crippen LogP contribution in [0.3, 0.4) is 0 Å². The number of fused-ring (bicyclic) bond motifs is 5. The fourth-order valence-corrected chi connectivity index (χ4v) is 12.0. The lowest BCUT2D eigenvalue weighted by atomic mass is 9.47. The Bertz CT molecular complexity index is 1390. The first-order valence-electron chi connectivity index (χ1n) is 24.7. The van der Waals surface area contributed by atoms with Crippen molar-refractivity contribution in [3.8, 4) is 0 Å². The Kier molecular flexibility index (Phi) is 21.9. The summed E-state index contributed by atoms with van der Waals surface area (Å²) in [5.41, 5.74) is 11.6. The minimum atomic E-state index is -0.0766. The monoisotopic (exact) mass is 797 g/mol. The second kappa shape index (κ2) is 25.2. The van der Waals surface area contributed by atoms with Crippen molar-refractivity contribution in [1.82, 2.24) is 0 Å². The number of unbranched alkanes of at least 4 members (excludes halogenated alkanes) is 1.